The van der Waals surface area contributed by atoms with Gasteiger partial charge in [-0.1, -0.05) is 33.1 Å². The summed E-state index contributed by atoms with van der Waals surface area (Å²) in [5, 5.41) is 8.80. The van der Waals surface area contributed by atoms with E-state index in [9.17, 15) is 8.42 Å². The Bertz CT molecular complexity index is 606. The quantitative estimate of drug-likeness (QED) is 0.722. The summed E-state index contributed by atoms with van der Waals surface area (Å²) in [7, 11) is -3.65. The Kier molecular flexibility index (Phi) is 6.66. The summed E-state index contributed by atoms with van der Waals surface area (Å²) >= 11 is 0. The van der Waals surface area contributed by atoms with Crippen molar-refractivity contribution in [3.05, 3.63) is 23.8 Å². The minimum atomic E-state index is -3.65. The van der Waals surface area contributed by atoms with Gasteiger partial charge in [0.05, 0.1) is 17.3 Å². The van der Waals surface area contributed by atoms with Gasteiger partial charge in [-0.05, 0) is 31.0 Å². The maximum Gasteiger partial charge on any atom is 0.242 e. The largest absolute Gasteiger partial charge is 0.398 e. The number of hydrogen-bond acceptors (Lipinski definition) is 4. The van der Waals surface area contributed by atoms with Crippen LogP contribution in [0.2, 0.25) is 0 Å². The van der Waals surface area contributed by atoms with E-state index in [0.717, 1.165) is 32.1 Å². The second-order valence-corrected chi connectivity index (χ2v) is 6.80. The number of nitrogen functional groups attached to an aromatic ring is 1. The molecule has 1 aromatic rings. The highest BCUT2D eigenvalue weighted by Crippen LogP contribution is 2.21. The van der Waals surface area contributed by atoms with Gasteiger partial charge in [0, 0.05) is 6.04 Å². The predicted molar refractivity (Wildman–Crippen MR) is 84.1 cm³/mol. The molecular weight excluding hydrogens is 286 g/mol. The number of nitrogens with zero attached hydrogens (tertiary/aromatic N) is 1. The van der Waals surface area contributed by atoms with E-state index in [2.05, 4.69) is 11.6 Å². The fourth-order valence-electron chi connectivity index (χ4n) is 2.21. The molecule has 1 aromatic carbocycles. The molecule has 0 aliphatic heterocycles. The van der Waals surface area contributed by atoms with E-state index in [0.29, 0.717) is 5.56 Å². The zero-order chi connectivity index (χ0) is 15.9. The van der Waals surface area contributed by atoms with Gasteiger partial charge in [0.15, 0.2) is 0 Å². The van der Waals surface area contributed by atoms with E-state index in [-0.39, 0.29) is 16.6 Å². The normalized spacial score (nSPS) is 12.8. The second-order valence-electron chi connectivity index (χ2n) is 5.11. The smallest absolute Gasteiger partial charge is 0.242 e. The SMILES string of the molecule is CCCCC(CCC)NS(=O)(=O)c1ccc(C#N)cc1N. The maximum absolute atomic E-state index is 12.4. The number of sulfonamides is 1. The van der Waals surface area contributed by atoms with Crippen LogP contribution in [0.25, 0.3) is 0 Å². The van der Waals surface area contributed by atoms with Crippen LogP contribution in [0.3, 0.4) is 0 Å². The van der Waals surface area contributed by atoms with Gasteiger partial charge < -0.3 is 5.73 Å². The van der Waals surface area contributed by atoms with Crippen LogP contribution in [-0.4, -0.2) is 14.5 Å². The Labute approximate surface area is 127 Å². The summed E-state index contributed by atoms with van der Waals surface area (Å²) in [5.41, 5.74) is 6.22. The van der Waals surface area contributed by atoms with Gasteiger partial charge in [-0.3, -0.25) is 0 Å². The Morgan fingerprint density at radius 1 is 1.29 bits per heavy atom. The molecule has 5 nitrogen and oxygen atoms in total. The van der Waals surface area contributed by atoms with Crippen molar-refractivity contribution in [2.24, 2.45) is 0 Å². The number of rotatable bonds is 8. The average molecular weight is 309 g/mol. The zero-order valence-electron chi connectivity index (χ0n) is 12.6. The van der Waals surface area contributed by atoms with Crippen molar-refractivity contribution in [2.75, 3.05) is 5.73 Å². The van der Waals surface area contributed by atoms with Crippen molar-refractivity contribution in [3.63, 3.8) is 0 Å². The molecule has 0 radical (unpaired) electrons. The monoisotopic (exact) mass is 309 g/mol. The summed E-state index contributed by atoms with van der Waals surface area (Å²) in [5.74, 6) is 0. The molecule has 21 heavy (non-hydrogen) atoms. The van der Waals surface area contributed by atoms with E-state index in [1.54, 1.807) is 0 Å². The van der Waals surface area contributed by atoms with Crippen molar-refractivity contribution in [1.82, 2.24) is 4.72 Å². The second kappa shape index (κ2) is 8.01. The van der Waals surface area contributed by atoms with Gasteiger partial charge in [-0.25, -0.2) is 13.1 Å². The number of nitrogens with two attached hydrogens (primary N) is 1. The summed E-state index contributed by atoms with van der Waals surface area (Å²) < 4.78 is 27.6. The molecule has 0 aromatic heterocycles. The van der Waals surface area contributed by atoms with Gasteiger partial charge in [-0.15, -0.1) is 0 Å². The highest BCUT2D eigenvalue weighted by atomic mass is 32.2. The molecule has 0 spiro atoms. The van der Waals surface area contributed by atoms with Gasteiger partial charge >= 0.3 is 0 Å². The molecule has 0 amide bonds. The Hall–Kier alpha value is -1.58. The van der Waals surface area contributed by atoms with Crippen molar-refractivity contribution in [3.8, 4) is 6.07 Å². The van der Waals surface area contributed by atoms with Crippen LogP contribution in [0.1, 0.15) is 51.5 Å². The number of nitriles is 1. The Morgan fingerprint density at radius 3 is 2.52 bits per heavy atom. The Morgan fingerprint density at radius 2 is 2.00 bits per heavy atom. The first-order valence-electron chi connectivity index (χ1n) is 7.26. The van der Waals surface area contributed by atoms with Crippen molar-refractivity contribution in [1.29, 1.82) is 5.26 Å². The third kappa shape index (κ3) is 5.03. The standard InChI is InChI=1S/C15H23N3O2S/c1-3-5-7-13(6-4-2)18-21(19,20)15-9-8-12(11-16)10-14(15)17/h8-10,13,18H,3-7,17H2,1-2H3. The lowest BCUT2D eigenvalue weighted by atomic mass is 10.1. The lowest BCUT2D eigenvalue weighted by Crippen LogP contribution is -2.35. The minimum Gasteiger partial charge on any atom is -0.398 e. The molecule has 116 valence electrons. The Balaban J connectivity index is 2.96. The summed E-state index contributed by atoms with van der Waals surface area (Å²) in [6, 6.07) is 6.10. The molecule has 0 aliphatic carbocycles. The molecule has 0 saturated carbocycles. The van der Waals surface area contributed by atoms with E-state index in [1.165, 1.54) is 18.2 Å². The number of nitrogens with one attached hydrogen (secondary N) is 1. The molecular formula is C15H23N3O2S. The van der Waals surface area contributed by atoms with Gasteiger partial charge in [0.1, 0.15) is 4.90 Å². The highest BCUT2D eigenvalue weighted by Gasteiger charge is 2.21. The molecule has 0 aliphatic rings. The molecule has 1 rings (SSSR count). The van der Waals surface area contributed by atoms with Crippen molar-refractivity contribution >= 4 is 15.7 Å². The van der Waals surface area contributed by atoms with Crippen molar-refractivity contribution in [2.45, 2.75) is 56.9 Å². The molecule has 0 saturated heterocycles. The van der Waals surface area contributed by atoms with Crippen LogP contribution in [0.15, 0.2) is 23.1 Å². The first-order valence-corrected chi connectivity index (χ1v) is 8.74. The van der Waals surface area contributed by atoms with Crippen molar-refractivity contribution < 1.29 is 8.42 Å². The van der Waals surface area contributed by atoms with Gasteiger partial charge in [0.2, 0.25) is 10.0 Å². The van der Waals surface area contributed by atoms with Crippen LogP contribution in [0, 0.1) is 11.3 Å². The van der Waals surface area contributed by atoms with Crippen LogP contribution in [-0.2, 0) is 10.0 Å². The molecule has 0 bridgehead atoms. The average Bonchev–Trinajstić information content (AvgIpc) is 2.44. The predicted octanol–water partition coefficient (Wildman–Crippen LogP) is 2.78. The number of hydrogen-bond donors (Lipinski definition) is 2. The zero-order valence-corrected chi connectivity index (χ0v) is 13.4. The molecule has 0 heterocycles. The topological polar surface area (TPSA) is 96.0 Å². The summed E-state index contributed by atoms with van der Waals surface area (Å²) in [6.07, 6.45) is 4.55. The number of anilines is 1. The maximum atomic E-state index is 12.4. The molecule has 0 fully saturated rings. The fraction of sp³-hybridized carbons (Fsp3) is 0.533. The van der Waals surface area contributed by atoms with Gasteiger partial charge in [-0.2, -0.15) is 5.26 Å². The third-order valence-electron chi connectivity index (χ3n) is 3.29. The van der Waals surface area contributed by atoms with E-state index >= 15 is 0 Å². The van der Waals surface area contributed by atoms with Crippen LogP contribution in [0.4, 0.5) is 5.69 Å². The van der Waals surface area contributed by atoms with E-state index in [1.807, 2.05) is 13.0 Å². The third-order valence-corrected chi connectivity index (χ3v) is 4.89. The van der Waals surface area contributed by atoms with E-state index in [4.69, 9.17) is 11.0 Å². The first-order chi connectivity index (χ1) is 9.94. The minimum absolute atomic E-state index is 0.0408. The molecule has 3 N–H and O–H groups in total. The molecule has 6 heteroatoms. The summed E-state index contributed by atoms with van der Waals surface area (Å²) in [4.78, 5) is 0.0408. The van der Waals surface area contributed by atoms with Crippen LogP contribution in [0.5, 0.6) is 0 Å². The number of benzene rings is 1. The molecule has 1 atom stereocenters. The number of unbranched alkanes of at least 4 members (excludes halogenated alkanes) is 1. The highest BCUT2D eigenvalue weighted by molar-refractivity contribution is 7.89. The summed E-state index contributed by atoms with van der Waals surface area (Å²) in [6.45, 7) is 4.11. The van der Waals surface area contributed by atoms with Crippen LogP contribution >= 0.6 is 0 Å². The lowest BCUT2D eigenvalue weighted by Gasteiger charge is -2.18. The fourth-order valence-corrected chi connectivity index (χ4v) is 3.62. The first kappa shape index (κ1) is 17.5. The molecule has 1 unspecified atom stereocenters. The lowest BCUT2D eigenvalue weighted by molar-refractivity contribution is 0.483. The van der Waals surface area contributed by atoms with E-state index < -0.39 is 10.0 Å². The van der Waals surface area contributed by atoms with Gasteiger partial charge in [0.25, 0.3) is 0 Å². The van der Waals surface area contributed by atoms with Crippen LogP contribution < -0.4 is 10.5 Å².